The Balaban J connectivity index is 1.78. The summed E-state index contributed by atoms with van der Waals surface area (Å²) in [5.41, 5.74) is 2.56. The monoisotopic (exact) mass is 188 g/mol. The van der Waals surface area contributed by atoms with E-state index in [1.54, 1.807) is 0 Å². The largest absolute Gasteiger partial charge is 0.388 e. The summed E-state index contributed by atoms with van der Waals surface area (Å²) in [6.45, 7) is 0. The van der Waals surface area contributed by atoms with Crippen LogP contribution in [-0.2, 0) is 0 Å². The van der Waals surface area contributed by atoms with Gasteiger partial charge in [-0.2, -0.15) is 0 Å². The molecule has 0 heterocycles. The van der Waals surface area contributed by atoms with Crippen LogP contribution >= 0.6 is 0 Å². The lowest BCUT2D eigenvalue weighted by Crippen LogP contribution is -1.99. The van der Waals surface area contributed by atoms with E-state index < -0.39 is 0 Å². The van der Waals surface area contributed by atoms with Crippen LogP contribution in [0.5, 0.6) is 0 Å². The van der Waals surface area contributed by atoms with Gasteiger partial charge in [-0.15, -0.1) is 0 Å². The molecule has 2 aliphatic rings. The number of aliphatic hydroxyl groups excluding tert-OH is 1. The third-order valence-electron chi connectivity index (χ3n) is 3.40. The van der Waals surface area contributed by atoms with Crippen molar-refractivity contribution in [1.82, 2.24) is 0 Å². The van der Waals surface area contributed by atoms with Crippen LogP contribution < -0.4 is 0 Å². The molecule has 0 radical (unpaired) electrons. The third kappa shape index (κ3) is 1.57. The quantitative estimate of drug-likeness (QED) is 0.773. The average molecular weight is 188 g/mol. The predicted molar refractivity (Wildman–Crippen MR) is 56.1 cm³/mol. The smallest absolute Gasteiger partial charge is 0.0818 e. The molecule has 2 saturated carbocycles. The van der Waals surface area contributed by atoms with Gasteiger partial charge in [-0.1, -0.05) is 24.3 Å². The van der Waals surface area contributed by atoms with Gasteiger partial charge < -0.3 is 5.11 Å². The molecule has 0 amide bonds. The maximum absolute atomic E-state index is 9.91. The van der Waals surface area contributed by atoms with Crippen molar-refractivity contribution in [3.05, 3.63) is 35.4 Å². The fourth-order valence-corrected chi connectivity index (χ4v) is 2.07. The van der Waals surface area contributed by atoms with Crippen LogP contribution in [0.15, 0.2) is 24.3 Å². The number of hydrogen-bond donors (Lipinski definition) is 1. The van der Waals surface area contributed by atoms with Crippen LogP contribution in [0.4, 0.5) is 0 Å². The molecule has 1 nitrogen and oxygen atoms in total. The summed E-state index contributed by atoms with van der Waals surface area (Å²) < 4.78 is 0. The van der Waals surface area contributed by atoms with Crippen LogP contribution in [0.1, 0.15) is 48.8 Å². The van der Waals surface area contributed by atoms with Crippen molar-refractivity contribution in [3.8, 4) is 0 Å². The van der Waals surface area contributed by atoms with Gasteiger partial charge in [0.15, 0.2) is 0 Å². The van der Waals surface area contributed by atoms with Crippen molar-refractivity contribution in [1.29, 1.82) is 0 Å². The zero-order valence-electron chi connectivity index (χ0n) is 8.32. The van der Waals surface area contributed by atoms with Crippen molar-refractivity contribution in [2.24, 2.45) is 5.92 Å². The minimum atomic E-state index is -0.205. The minimum absolute atomic E-state index is 0.205. The number of rotatable bonds is 3. The molecule has 0 aromatic heterocycles. The molecular formula is C13H16O. The second-order valence-corrected chi connectivity index (χ2v) is 4.72. The van der Waals surface area contributed by atoms with Crippen LogP contribution in [0.25, 0.3) is 0 Å². The summed E-state index contributed by atoms with van der Waals surface area (Å²) in [5, 5.41) is 9.91. The Labute approximate surface area is 84.8 Å². The highest BCUT2D eigenvalue weighted by atomic mass is 16.3. The Kier molecular flexibility index (Phi) is 1.88. The Bertz CT molecular complexity index is 320. The number of aliphatic hydroxyl groups is 1. The average Bonchev–Trinajstić information content (AvgIpc) is 3.05. The van der Waals surface area contributed by atoms with Crippen molar-refractivity contribution in [3.63, 3.8) is 0 Å². The molecule has 0 aliphatic heterocycles. The second kappa shape index (κ2) is 3.09. The highest BCUT2D eigenvalue weighted by molar-refractivity contribution is 5.29. The summed E-state index contributed by atoms with van der Waals surface area (Å²) in [5.74, 6) is 1.36. The molecule has 1 atom stereocenters. The number of benzene rings is 1. The normalized spacial score (nSPS) is 23.5. The maximum atomic E-state index is 9.91. The van der Waals surface area contributed by atoms with Crippen molar-refractivity contribution in [2.45, 2.75) is 37.7 Å². The molecule has 1 unspecified atom stereocenters. The topological polar surface area (TPSA) is 20.2 Å². The lowest BCUT2D eigenvalue weighted by Gasteiger charge is -2.09. The van der Waals surface area contributed by atoms with E-state index in [2.05, 4.69) is 24.3 Å². The van der Waals surface area contributed by atoms with Crippen LogP contribution in [0.2, 0.25) is 0 Å². The third-order valence-corrected chi connectivity index (χ3v) is 3.40. The van der Waals surface area contributed by atoms with Crippen molar-refractivity contribution >= 4 is 0 Å². The van der Waals surface area contributed by atoms with Crippen LogP contribution in [0, 0.1) is 5.92 Å². The standard InChI is InChI=1S/C13H16O/c14-13(12-7-8-12)11-5-3-10(4-6-11)9-1-2-9/h3-6,9,12-14H,1-2,7-8H2. The van der Waals surface area contributed by atoms with Gasteiger partial charge in [0.25, 0.3) is 0 Å². The molecule has 0 bridgehead atoms. The summed E-state index contributed by atoms with van der Waals surface area (Å²) in [4.78, 5) is 0. The molecule has 1 aromatic carbocycles. The van der Waals surface area contributed by atoms with Crippen LogP contribution in [0.3, 0.4) is 0 Å². The highest BCUT2D eigenvalue weighted by Crippen LogP contribution is 2.43. The fourth-order valence-electron chi connectivity index (χ4n) is 2.07. The van der Waals surface area contributed by atoms with Crippen molar-refractivity contribution < 1.29 is 5.11 Å². The molecular weight excluding hydrogens is 172 g/mol. The zero-order valence-corrected chi connectivity index (χ0v) is 8.32. The van der Waals surface area contributed by atoms with E-state index >= 15 is 0 Å². The SMILES string of the molecule is OC(c1ccc(C2CC2)cc1)C1CC1. The first kappa shape index (κ1) is 8.49. The number of hydrogen-bond acceptors (Lipinski definition) is 1. The zero-order chi connectivity index (χ0) is 9.54. The van der Waals surface area contributed by atoms with Gasteiger partial charge in [-0.3, -0.25) is 0 Å². The fraction of sp³-hybridized carbons (Fsp3) is 0.538. The van der Waals surface area contributed by atoms with Crippen LogP contribution in [-0.4, -0.2) is 5.11 Å². The van der Waals surface area contributed by atoms with E-state index in [0.29, 0.717) is 5.92 Å². The molecule has 0 spiro atoms. The molecule has 2 aliphatic carbocycles. The van der Waals surface area contributed by atoms with E-state index in [1.807, 2.05) is 0 Å². The van der Waals surface area contributed by atoms with Gasteiger partial charge in [0, 0.05) is 0 Å². The summed E-state index contributed by atoms with van der Waals surface area (Å²) >= 11 is 0. The molecule has 0 saturated heterocycles. The van der Waals surface area contributed by atoms with Gasteiger partial charge in [0.2, 0.25) is 0 Å². The van der Waals surface area contributed by atoms with Crippen molar-refractivity contribution in [2.75, 3.05) is 0 Å². The molecule has 74 valence electrons. The second-order valence-electron chi connectivity index (χ2n) is 4.72. The van der Waals surface area contributed by atoms with Gasteiger partial charge in [-0.05, 0) is 48.6 Å². The molecule has 1 heteroatoms. The predicted octanol–water partition coefficient (Wildman–Crippen LogP) is 3.01. The van der Waals surface area contributed by atoms with Gasteiger partial charge in [0.05, 0.1) is 6.10 Å². The molecule has 1 aromatic rings. The summed E-state index contributed by atoms with van der Waals surface area (Å²) in [6, 6.07) is 8.60. The summed E-state index contributed by atoms with van der Waals surface area (Å²) in [6.07, 6.45) is 4.90. The lowest BCUT2D eigenvalue weighted by molar-refractivity contribution is 0.154. The highest BCUT2D eigenvalue weighted by Gasteiger charge is 2.31. The lowest BCUT2D eigenvalue weighted by atomic mass is 10.0. The van der Waals surface area contributed by atoms with E-state index in [0.717, 1.165) is 11.5 Å². The Hall–Kier alpha value is -0.820. The minimum Gasteiger partial charge on any atom is -0.388 e. The first-order valence-electron chi connectivity index (χ1n) is 5.62. The molecule has 2 fully saturated rings. The first-order chi connectivity index (χ1) is 6.84. The van der Waals surface area contributed by atoms with E-state index in [9.17, 15) is 5.11 Å². The molecule has 3 rings (SSSR count). The molecule has 1 N–H and O–H groups in total. The van der Waals surface area contributed by atoms with E-state index in [1.165, 1.54) is 31.2 Å². The van der Waals surface area contributed by atoms with E-state index in [-0.39, 0.29) is 6.10 Å². The van der Waals surface area contributed by atoms with Gasteiger partial charge >= 0.3 is 0 Å². The molecule has 14 heavy (non-hydrogen) atoms. The Morgan fingerprint density at radius 2 is 1.64 bits per heavy atom. The Morgan fingerprint density at radius 1 is 1.00 bits per heavy atom. The first-order valence-corrected chi connectivity index (χ1v) is 5.62. The van der Waals surface area contributed by atoms with Gasteiger partial charge in [-0.25, -0.2) is 0 Å². The Morgan fingerprint density at radius 3 is 2.14 bits per heavy atom. The maximum Gasteiger partial charge on any atom is 0.0818 e. The summed E-state index contributed by atoms with van der Waals surface area (Å²) in [7, 11) is 0. The van der Waals surface area contributed by atoms with E-state index in [4.69, 9.17) is 0 Å². The van der Waals surface area contributed by atoms with Gasteiger partial charge in [0.1, 0.15) is 0 Å².